The summed E-state index contributed by atoms with van der Waals surface area (Å²) in [5, 5.41) is 12.9. The van der Waals surface area contributed by atoms with Crippen LogP contribution in [0.2, 0.25) is 16.6 Å². The van der Waals surface area contributed by atoms with Crippen LogP contribution in [0.25, 0.3) is 0 Å². The Hall–Kier alpha value is -0.653. The summed E-state index contributed by atoms with van der Waals surface area (Å²) < 4.78 is 28.0. The van der Waals surface area contributed by atoms with Crippen LogP contribution in [0.1, 0.15) is 71.9 Å². The SMILES string of the molecule is C=CC[N@@+]1(C)CCC23c4c5ccc(O[Si](C(C)C)(C(C)C)C(C)C)c4OC2C2(CC[C@@]3(O)C1C5)OCCO2.[I-]. The lowest BCUT2D eigenvalue weighted by molar-refractivity contribution is -0.944. The first-order valence-corrected chi connectivity index (χ1v) is 17.0. The third-order valence-corrected chi connectivity index (χ3v) is 17.4. The standard InChI is InChI=1S/C31H48NO5Si.HI/c1-9-15-32(8)16-14-29-26-23-10-11-24(37-38(20(2)3,21(4)5)22(6)7)27(26)36-28(29)31(34-17-18-35-31)13-12-30(29,33)25(32)19-23;/h9-11,20-22,25,28,33H,1,12-19H2,2-8H3;1H/q+1;/p-1/t25?,28?,29?,30-,32+;/m1./s1. The lowest BCUT2D eigenvalue weighted by Crippen LogP contribution is -3.00. The third-order valence-electron chi connectivity index (χ3n) is 11.4. The van der Waals surface area contributed by atoms with Crippen LogP contribution in [-0.2, 0) is 21.3 Å². The number of fused-ring (bicyclic) bond motifs is 1. The molecule has 6 rings (SSSR count). The van der Waals surface area contributed by atoms with Crippen molar-refractivity contribution in [2.75, 3.05) is 33.4 Å². The fourth-order valence-electron chi connectivity index (χ4n) is 9.90. The molecule has 2 aliphatic carbocycles. The zero-order valence-electron chi connectivity index (χ0n) is 24.9. The number of quaternary nitrogens is 1. The van der Waals surface area contributed by atoms with Gasteiger partial charge in [0.2, 0.25) is 5.79 Å². The summed E-state index contributed by atoms with van der Waals surface area (Å²) >= 11 is 0. The van der Waals surface area contributed by atoms with Crippen LogP contribution < -0.4 is 33.1 Å². The van der Waals surface area contributed by atoms with Crippen molar-refractivity contribution < 1.29 is 52.2 Å². The monoisotopic (exact) mass is 669 g/mol. The summed E-state index contributed by atoms with van der Waals surface area (Å²) in [6, 6.07) is 4.51. The zero-order valence-corrected chi connectivity index (χ0v) is 28.0. The molecule has 0 amide bonds. The molecule has 1 aromatic carbocycles. The minimum atomic E-state index is -2.22. The van der Waals surface area contributed by atoms with Crippen molar-refractivity contribution in [1.29, 1.82) is 0 Å². The lowest BCUT2D eigenvalue weighted by Gasteiger charge is -2.66. The number of nitrogens with zero attached hydrogens (tertiary/aromatic N) is 1. The number of hydrogen-bond donors (Lipinski definition) is 1. The Balaban J connectivity index is 0.00000308. The Morgan fingerprint density at radius 3 is 2.31 bits per heavy atom. The molecule has 39 heavy (non-hydrogen) atoms. The second-order valence-corrected chi connectivity index (χ2v) is 19.3. The topological polar surface area (TPSA) is 57.2 Å². The van der Waals surface area contributed by atoms with E-state index in [1.165, 1.54) is 11.1 Å². The number of aliphatic hydroxyl groups is 1. The number of benzene rings is 1. The van der Waals surface area contributed by atoms with E-state index >= 15 is 0 Å². The van der Waals surface area contributed by atoms with Crippen molar-refractivity contribution in [3.05, 3.63) is 35.9 Å². The summed E-state index contributed by atoms with van der Waals surface area (Å²) in [5.41, 5.74) is 2.35. The smallest absolute Gasteiger partial charge is 0.258 e. The van der Waals surface area contributed by atoms with Gasteiger partial charge in [0.1, 0.15) is 17.4 Å². The predicted molar refractivity (Wildman–Crippen MR) is 151 cm³/mol. The van der Waals surface area contributed by atoms with Crippen molar-refractivity contribution >= 4 is 8.32 Å². The van der Waals surface area contributed by atoms with E-state index in [4.69, 9.17) is 18.6 Å². The second-order valence-electron chi connectivity index (χ2n) is 13.9. The number of piperidine rings is 1. The van der Waals surface area contributed by atoms with Crippen molar-refractivity contribution in [3.8, 4) is 11.5 Å². The molecule has 0 aromatic heterocycles. The molecule has 3 heterocycles. The molecule has 1 saturated carbocycles. The molecular weight excluding hydrogens is 621 g/mol. The van der Waals surface area contributed by atoms with E-state index in [0.717, 1.165) is 41.9 Å². The molecule has 218 valence electrons. The van der Waals surface area contributed by atoms with Gasteiger partial charge in [-0.1, -0.05) is 54.2 Å². The van der Waals surface area contributed by atoms with Gasteiger partial charge < -0.3 is 52.2 Å². The van der Waals surface area contributed by atoms with Crippen molar-refractivity contribution in [2.45, 2.75) is 113 Å². The van der Waals surface area contributed by atoms with E-state index in [1.807, 2.05) is 6.08 Å². The normalized spacial score (nSPS) is 35.7. The quantitative estimate of drug-likeness (QED) is 0.210. The summed E-state index contributed by atoms with van der Waals surface area (Å²) in [6.45, 7) is 20.9. The van der Waals surface area contributed by atoms with Crippen molar-refractivity contribution in [2.24, 2.45) is 0 Å². The largest absolute Gasteiger partial charge is 1.00 e. The molecule has 1 N–H and O–H groups in total. The molecule has 6 nitrogen and oxygen atoms in total. The van der Waals surface area contributed by atoms with Gasteiger partial charge in [-0.05, 0) is 40.8 Å². The number of rotatable bonds is 7. The van der Waals surface area contributed by atoms with E-state index in [0.29, 0.717) is 42.7 Å². The molecular formula is C31H48INO5Si. The van der Waals surface area contributed by atoms with Gasteiger partial charge in [-0.3, -0.25) is 0 Å². The maximum Gasteiger partial charge on any atom is 0.258 e. The van der Waals surface area contributed by atoms with Crippen LogP contribution in [-0.4, -0.2) is 74.8 Å². The maximum atomic E-state index is 12.9. The fourth-order valence-corrected chi connectivity index (χ4v) is 15.1. The Kier molecular flexibility index (Phi) is 7.41. The first-order valence-electron chi connectivity index (χ1n) is 14.9. The first-order chi connectivity index (χ1) is 17.9. The van der Waals surface area contributed by atoms with Crippen LogP contribution in [0, 0.1) is 0 Å². The first kappa shape index (κ1) is 29.8. The number of likely N-dealkylation sites (tertiary alicyclic amines) is 1. The Morgan fingerprint density at radius 2 is 1.72 bits per heavy atom. The van der Waals surface area contributed by atoms with Gasteiger partial charge in [0, 0.05) is 24.8 Å². The van der Waals surface area contributed by atoms with Crippen LogP contribution in [0.3, 0.4) is 0 Å². The molecule has 2 saturated heterocycles. The average Bonchev–Trinajstić information content (AvgIpc) is 3.46. The van der Waals surface area contributed by atoms with E-state index in [2.05, 4.69) is 67.3 Å². The highest BCUT2D eigenvalue weighted by atomic mass is 127. The highest BCUT2D eigenvalue weighted by Crippen LogP contribution is 2.69. The van der Waals surface area contributed by atoms with Crippen LogP contribution in [0.15, 0.2) is 24.8 Å². The molecule has 2 bridgehead atoms. The summed E-state index contributed by atoms with van der Waals surface area (Å²) in [4.78, 5) is 0. The summed E-state index contributed by atoms with van der Waals surface area (Å²) in [6.07, 6.45) is 4.58. The van der Waals surface area contributed by atoms with Crippen molar-refractivity contribution in [1.82, 2.24) is 0 Å². The minimum absolute atomic E-state index is 0. The van der Waals surface area contributed by atoms with Crippen molar-refractivity contribution in [3.63, 3.8) is 0 Å². The minimum Gasteiger partial charge on any atom is -1.00 e. The van der Waals surface area contributed by atoms with E-state index < -0.39 is 25.1 Å². The number of hydrogen-bond acceptors (Lipinski definition) is 5. The average molecular weight is 670 g/mol. The zero-order chi connectivity index (χ0) is 27.3. The Bertz CT molecular complexity index is 1110. The molecule has 5 aliphatic rings. The van der Waals surface area contributed by atoms with Gasteiger partial charge in [0.25, 0.3) is 8.32 Å². The van der Waals surface area contributed by atoms with Gasteiger partial charge in [0.15, 0.2) is 11.9 Å². The molecule has 5 atom stereocenters. The van der Waals surface area contributed by atoms with Crippen LogP contribution >= 0.6 is 0 Å². The Morgan fingerprint density at radius 1 is 1.08 bits per heavy atom. The molecule has 0 radical (unpaired) electrons. The van der Waals surface area contributed by atoms with E-state index in [1.54, 1.807) is 0 Å². The maximum absolute atomic E-state index is 12.9. The molecule has 8 heteroatoms. The van der Waals surface area contributed by atoms with E-state index in [9.17, 15) is 5.11 Å². The molecule has 3 unspecified atom stereocenters. The molecule has 2 spiro atoms. The Labute approximate surface area is 253 Å². The second kappa shape index (κ2) is 9.69. The van der Waals surface area contributed by atoms with Gasteiger partial charge in [0.05, 0.1) is 38.8 Å². The lowest BCUT2D eigenvalue weighted by atomic mass is 9.47. The fraction of sp³-hybridized carbons (Fsp3) is 0.742. The van der Waals surface area contributed by atoms with Gasteiger partial charge in [-0.25, -0.2) is 0 Å². The van der Waals surface area contributed by atoms with Crippen LogP contribution in [0.4, 0.5) is 0 Å². The molecule has 1 aromatic rings. The summed E-state index contributed by atoms with van der Waals surface area (Å²) in [7, 11) is 0.0758. The highest BCUT2D eigenvalue weighted by Gasteiger charge is 2.80. The van der Waals surface area contributed by atoms with Gasteiger partial charge in [-0.2, -0.15) is 0 Å². The van der Waals surface area contributed by atoms with E-state index in [-0.39, 0.29) is 36.1 Å². The molecule has 3 aliphatic heterocycles. The van der Waals surface area contributed by atoms with Crippen LogP contribution in [0.5, 0.6) is 11.5 Å². The molecule has 3 fully saturated rings. The third kappa shape index (κ3) is 3.63. The number of likely N-dealkylation sites (N-methyl/N-ethyl adjacent to an activating group) is 1. The number of ether oxygens (including phenoxy) is 3. The van der Waals surface area contributed by atoms with Gasteiger partial charge in [-0.15, -0.1) is 0 Å². The van der Waals surface area contributed by atoms with Gasteiger partial charge >= 0.3 is 0 Å². The predicted octanol–water partition coefficient (Wildman–Crippen LogP) is 2.47. The summed E-state index contributed by atoms with van der Waals surface area (Å²) in [5.74, 6) is 0.894. The number of halogens is 1. The highest BCUT2D eigenvalue weighted by molar-refractivity contribution is 6.78.